The molecule has 3 rings (SSSR count). The number of nitrogens with zero attached hydrogens (tertiary/aromatic N) is 2. The Morgan fingerprint density at radius 1 is 1.11 bits per heavy atom. The van der Waals surface area contributed by atoms with Crippen molar-refractivity contribution < 1.29 is 9.59 Å². The molecule has 0 aliphatic rings. The van der Waals surface area contributed by atoms with Crippen molar-refractivity contribution in [2.24, 2.45) is 5.73 Å². The number of anilines is 3. The smallest absolute Gasteiger partial charge is 0.316 e. The fraction of sp³-hybridized carbons (Fsp3) is 0.0526. The summed E-state index contributed by atoms with van der Waals surface area (Å²) in [4.78, 5) is 30.0. The number of nitrogens with two attached hydrogens (primary N) is 2. The summed E-state index contributed by atoms with van der Waals surface area (Å²) in [5.41, 5.74) is 14.4. The first kappa shape index (κ1) is 19.1. The molecule has 0 fully saturated rings. The van der Waals surface area contributed by atoms with Gasteiger partial charge >= 0.3 is 6.03 Å². The van der Waals surface area contributed by atoms with Crippen LogP contribution in [0.4, 0.5) is 22.2 Å². The van der Waals surface area contributed by atoms with Crippen molar-refractivity contribution in [3.05, 3.63) is 64.8 Å². The van der Waals surface area contributed by atoms with Crippen molar-refractivity contribution in [2.45, 2.75) is 6.54 Å². The number of benzene rings is 2. The van der Waals surface area contributed by atoms with Crippen LogP contribution in [-0.4, -0.2) is 22.3 Å². The largest absolute Gasteiger partial charge is 0.368 e. The van der Waals surface area contributed by atoms with E-state index in [1.54, 1.807) is 6.07 Å². The molecule has 1 aromatic heterocycles. The molecular weight excluding hydrogens is 380 g/mol. The lowest BCUT2D eigenvalue weighted by atomic mass is 10.0. The number of carbonyl (C=O) groups is 2. The van der Waals surface area contributed by atoms with Crippen LogP contribution in [0.25, 0.3) is 11.1 Å². The number of nitrogen functional groups attached to an aromatic ring is 1. The number of hydrogen-bond donors (Lipinski definition) is 4. The quantitative estimate of drug-likeness (QED) is 0.373. The average molecular weight is 397 g/mol. The SMILES string of the molecule is NC(=O)Nc1cccc(-c2ccc(CNc3nc(N)nc(Cl)c3C=O)cc2)c1. The number of urea groups is 1. The maximum Gasteiger partial charge on any atom is 0.316 e. The molecule has 0 aliphatic heterocycles. The van der Waals surface area contributed by atoms with E-state index in [2.05, 4.69) is 20.6 Å². The van der Waals surface area contributed by atoms with E-state index < -0.39 is 6.03 Å². The molecule has 1 heterocycles. The zero-order valence-corrected chi connectivity index (χ0v) is 15.4. The molecule has 0 saturated heterocycles. The van der Waals surface area contributed by atoms with Crippen LogP contribution in [0.5, 0.6) is 0 Å². The molecular formula is C19H17ClN6O2. The number of hydrogen-bond acceptors (Lipinski definition) is 6. The second-order valence-electron chi connectivity index (χ2n) is 5.87. The van der Waals surface area contributed by atoms with Crippen molar-refractivity contribution in [1.82, 2.24) is 9.97 Å². The van der Waals surface area contributed by atoms with Gasteiger partial charge in [-0.15, -0.1) is 0 Å². The normalized spacial score (nSPS) is 10.3. The van der Waals surface area contributed by atoms with Gasteiger partial charge in [0.15, 0.2) is 6.29 Å². The molecule has 2 aromatic carbocycles. The van der Waals surface area contributed by atoms with Crippen molar-refractivity contribution >= 4 is 41.4 Å². The van der Waals surface area contributed by atoms with Gasteiger partial charge in [-0.05, 0) is 28.8 Å². The Morgan fingerprint density at radius 2 is 1.86 bits per heavy atom. The van der Waals surface area contributed by atoms with Gasteiger partial charge in [-0.1, -0.05) is 48.0 Å². The maximum absolute atomic E-state index is 11.2. The first-order valence-corrected chi connectivity index (χ1v) is 8.62. The van der Waals surface area contributed by atoms with E-state index in [1.807, 2.05) is 42.5 Å². The van der Waals surface area contributed by atoms with E-state index in [-0.39, 0.29) is 22.5 Å². The van der Waals surface area contributed by atoms with Gasteiger partial charge < -0.3 is 22.1 Å². The highest BCUT2D eigenvalue weighted by Crippen LogP contribution is 2.24. The van der Waals surface area contributed by atoms with Crippen LogP contribution in [0.15, 0.2) is 48.5 Å². The summed E-state index contributed by atoms with van der Waals surface area (Å²) in [6.07, 6.45) is 0.584. The van der Waals surface area contributed by atoms with Gasteiger partial charge in [0, 0.05) is 12.2 Å². The number of nitrogens with one attached hydrogen (secondary N) is 2. The fourth-order valence-electron chi connectivity index (χ4n) is 2.62. The summed E-state index contributed by atoms with van der Waals surface area (Å²) in [6, 6.07) is 14.5. The third-order valence-corrected chi connectivity index (χ3v) is 4.20. The van der Waals surface area contributed by atoms with Crippen LogP contribution in [0, 0.1) is 0 Å². The Morgan fingerprint density at radius 3 is 2.54 bits per heavy atom. The van der Waals surface area contributed by atoms with Crippen LogP contribution >= 0.6 is 11.6 Å². The Kier molecular flexibility index (Phi) is 5.71. The summed E-state index contributed by atoms with van der Waals surface area (Å²) < 4.78 is 0. The van der Waals surface area contributed by atoms with Gasteiger partial charge in [0.2, 0.25) is 5.95 Å². The van der Waals surface area contributed by atoms with Gasteiger partial charge in [-0.25, -0.2) is 9.78 Å². The van der Waals surface area contributed by atoms with Crippen molar-refractivity contribution in [3.8, 4) is 11.1 Å². The molecule has 0 atom stereocenters. The van der Waals surface area contributed by atoms with E-state index >= 15 is 0 Å². The summed E-state index contributed by atoms with van der Waals surface area (Å²) in [7, 11) is 0. The molecule has 0 radical (unpaired) electrons. The Balaban J connectivity index is 1.74. The third-order valence-electron chi connectivity index (χ3n) is 3.91. The number of amides is 2. The van der Waals surface area contributed by atoms with Crippen molar-refractivity contribution in [2.75, 3.05) is 16.4 Å². The zero-order chi connectivity index (χ0) is 20.1. The molecule has 0 aliphatic carbocycles. The molecule has 2 amide bonds. The minimum atomic E-state index is -0.612. The molecule has 28 heavy (non-hydrogen) atoms. The van der Waals surface area contributed by atoms with Crippen LogP contribution in [0.1, 0.15) is 15.9 Å². The number of aldehydes is 1. The Bertz CT molecular complexity index is 1020. The topological polar surface area (TPSA) is 136 Å². The van der Waals surface area contributed by atoms with Crippen molar-refractivity contribution in [1.29, 1.82) is 0 Å². The van der Waals surface area contributed by atoms with Gasteiger partial charge in [0.1, 0.15) is 11.0 Å². The molecule has 9 heteroatoms. The van der Waals surface area contributed by atoms with Crippen LogP contribution in [0.3, 0.4) is 0 Å². The zero-order valence-electron chi connectivity index (χ0n) is 14.6. The molecule has 0 bridgehead atoms. The van der Waals surface area contributed by atoms with E-state index in [0.717, 1.165) is 16.7 Å². The maximum atomic E-state index is 11.2. The monoisotopic (exact) mass is 396 g/mol. The fourth-order valence-corrected chi connectivity index (χ4v) is 2.84. The lowest BCUT2D eigenvalue weighted by Gasteiger charge is -2.10. The molecule has 6 N–H and O–H groups in total. The van der Waals surface area contributed by atoms with Crippen LogP contribution < -0.4 is 22.1 Å². The number of primary amides is 1. The minimum absolute atomic E-state index is 0.00444. The highest BCUT2D eigenvalue weighted by atomic mass is 35.5. The number of aromatic nitrogens is 2. The minimum Gasteiger partial charge on any atom is -0.368 e. The number of carbonyl (C=O) groups excluding carboxylic acids is 2. The summed E-state index contributed by atoms with van der Waals surface area (Å²) >= 11 is 5.91. The highest BCUT2D eigenvalue weighted by molar-refractivity contribution is 6.32. The van der Waals surface area contributed by atoms with E-state index in [0.29, 0.717) is 18.5 Å². The molecule has 8 nitrogen and oxygen atoms in total. The third kappa shape index (κ3) is 4.54. The molecule has 142 valence electrons. The van der Waals surface area contributed by atoms with Gasteiger partial charge in [-0.2, -0.15) is 4.98 Å². The van der Waals surface area contributed by atoms with Crippen LogP contribution in [-0.2, 0) is 6.54 Å². The van der Waals surface area contributed by atoms with E-state index in [4.69, 9.17) is 23.1 Å². The Hall–Kier alpha value is -3.65. The van der Waals surface area contributed by atoms with Gasteiger partial charge in [0.25, 0.3) is 0 Å². The van der Waals surface area contributed by atoms with Gasteiger partial charge in [0.05, 0.1) is 5.56 Å². The lowest BCUT2D eigenvalue weighted by molar-refractivity contribution is 0.112. The summed E-state index contributed by atoms with van der Waals surface area (Å²) in [6.45, 7) is 0.414. The lowest BCUT2D eigenvalue weighted by Crippen LogP contribution is -2.19. The highest BCUT2D eigenvalue weighted by Gasteiger charge is 2.11. The summed E-state index contributed by atoms with van der Waals surface area (Å²) in [5.74, 6) is 0.264. The first-order chi connectivity index (χ1) is 13.5. The number of halogens is 1. The predicted molar refractivity (Wildman–Crippen MR) is 109 cm³/mol. The standard InChI is InChI=1S/C19H17ClN6O2/c20-16-15(10-27)17(26-18(21)25-16)23-9-11-4-6-12(7-5-11)13-2-1-3-14(8-13)24-19(22)28/h1-8,10H,9H2,(H3,22,24,28)(H3,21,23,25,26). The average Bonchev–Trinajstić information content (AvgIpc) is 2.66. The molecule has 0 saturated carbocycles. The van der Waals surface area contributed by atoms with Crippen molar-refractivity contribution in [3.63, 3.8) is 0 Å². The van der Waals surface area contributed by atoms with E-state index in [1.165, 1.54) is 0 Å². The Labute approximate surface area is 165 Å². The van der Waals surface area contributed by atoms with Crippen LogP contribution in [0.2, 0.25) is 5.15 Å². The second kappa shape index (κ2) is 8.36. The summed E-state index contributed by atoms with van der Waals surface area (Å²) in [5, 5.41) is 5.60. The predicted octanol–water partition coefficient (Wildman–Crippen LogP) is 3.29. The first-order valence-electron chi connectivity index (χ1n) is 8.24. The molecule has 3 aromatic rings. The van der Waals surface area contributed by atoms with Gasteiger partial charge in [-0.3, -0.25) is 4.79 Å². The second-order valence-corrected chi connectivity index (χ2v) is 6.23. The molecule has 0 spiro atoms. The number of rotatable bonds is 6. The molecule has 0 unspecified atom stereocenters. The van der Waals surface area contributed by atoms with E-state index in [9.17, 15) is 9.59 Å².